The molecule has 2 N–H and O–H groups in total. The molecule has 1 aliphatic rings. The fourth-order valence-corrected chi connectivity index (χ4v) is 7.66. The number of rotatable bonds is 11. The molecule has 0 radical (unpaired) electrons. The maximum absolute atomic E-state index is 13.2. The number of likely N-dealkylation sites (tertiary alicyclic amines) is 1. The summed E-state index contributed by atoms with van der Waals surface area (Å²) in [4.78, 5) is 54.5. The summed E-state index contributed by atoms with van der Waals surface area (Å²) >= 11 is 0. The number of quaternary nitrogens is 1. The Labute approximate surface area is 249 Å². The number of alkyl carbamates (subject to hydrolysis) is 2. The SMILES string of the molecule is CC(C)(C)[Si](C)(C)[N@@+]1(C=O)C[C@@H](CCCCN=C(NC(=O)OCc2ccccc2)NC(=O)OCc2ccccc2)C1=O. The lowest BCUT2D eigenvalue weighted by atomic mass is 9.93. The molecule has 1 fully saturated rings. The normalized spacial score (nSPS) is 18.3. The number of nitrogens with zero attached hydrogens (tertiary/aromatic N) is 2. The summed E-state index contributed by atoms with van der Waals surface area (Å²) in [5.41, 5.74) is 1.63. The van der Waals surface area contributed by atoms with Gasteiger partial charge in [-0.25, -0.2) is 19.2 Å². The van der Waals surface area contributed by atoms with Crippen LogP contribution in [-0.2, 0) is 32.3 Å². The summed E-state index contributed by atoms with van der Waals surface area (Å²) in [7, 11) is -2.24. The Hall–Kier alpha value is -3.83. The average Bonchev–Trinajstić information content (AvgIpc) is 2.96. The van der Waals surface area contributed by atoms with Crippen LogP contribution in [0.4, 0.5) is 9.59 Å². The van der Waals surface area contributed by atoms with E-state index in [-0.39, 0.29) is 40.2 Å². The third-order valence-corrected chi connectivity index (χ3v) is 14.5. The smallest absolute Gasteiger partial charge is 0.414 e. The number of hydrogen-bond donors (Lipinski definition) is 2. The van der Waals surface area contributed by atoms with Gasteiger partial charge in [0.05, 0.1) is 6.54 Å². The summed E-state index contributed by atoms with van der Waals surface area (Å²) < 4.78 is 10.5. The van der Waals surface area contributed by atoms with Crippen LogP contribution in [0, 0.1) is 5.92 Å². The van der Waals surface area contributed by atoms with E-state index in [0.29, 0.717) is 32.4 Å². The third-order valence-electron chi connectivity index (χ3n) is 8.36. The number of ether oxygens (including phenoxy) is 2. The maximum Gasteiger partial charge on any atom is 0.414 e. The van der Waals surface area contributed by atoms with E-state index >= 15 is 0 Å². The Bertz CT molecular complexity index is 1200. The van der Waals surface area contributed by atoms with E-state index in [0.717, 1.165) is 17.5 Å². The van der Waals surface area contributed by atoms with Crippen molar-refractivity contribution in [1.82, 2.24) is 10.6 Å². The third kappa shape index (κ3) is 8.13. The number of β-lactam (4-membered cyclic amide) rings is 1. The molecule has 4 amide bonds. The van der Waals surface area contributed by atoms with Crippen LogP contribution in [0.3, 0.4) is 0 Å². The highest BCUT2D eigenvalue weighted by Crippen LogP contribution is 2.47. The molecular weight excluding hydrogens is 552 g/mol. The van der Waals surface area contributed by atoms with Crippen molar-refractivity contribution in [3.05, 3.63) is 71.8 Å². The van der Waals surface area contributed by atoms with E-state index < -0.39 is 20.4 Å². The van der Waals surface area contributed by atoms with E-state index in [1.54, 1.807) is 0 Å². The molecule has 0 unspecified atom stereocenters. The van der Waals surface area contributed by atoms with Crippen molar-refractivity contribution in [3.8, 4) is 0 Å². The van der Waals surface area contributed by atoms with Gasteiger partial charge in [0.25, 0.3) is 14.6 Å². The molecular formula is C31H43N4O6Si+. The van der Waals surface area contributed by atoms with E-state index in [9.17, 15) is 19.2 Å². The number of nitrogens with one attached hydrogen (secondary N) is 2. The highest BCUT2D eigenvalue weighted by atomic mass is 28.3. The minimum absolute atomic E-state index is 0.0199. The molecule has 0 bridgehead atoms. The lowest BCUT2D eigenvalue weighted by Crippen LogP contribution is -2.80. The van der Waals surface area contributed by atoms with Gasteiger partial charge in [-0.05, 0) is 37.1 Å². The molecule has 3 rings (SSSR count). The van der Waals surface area contributed by atoms with Gasteiger partial charge in [-0.1, -0.05) is 87.9 Å². The molecule has 11 heteroatoms. The van der Waals surface area contributed by atoms with Crippen molar-refractivity contribution in [2.75, 3.05) is 13.1 Å². The largest absolute Gasteiger partial charge is 0.444 e. The number of hydrogen-bond acceptors (Lipinski definition) is 7. The van der Waals surface area contributed by atoms with Gasteiger partial charge in [0, 0.05) is 11.6 Å². The molecule has 1 aliphatic heterocycles. The minimum atomic E-state index is -2.24. The minimum Gasteiger partial charge on any atom is -0.444 e. The van der Waals surface area contributed by atoms with Crippen molar-refractivity contribution in [2.24, 2.45) is 10.9 Å². The Morgan fingerprint density at radius 2 is 1.43 bits per heavy atom. The van der Waals surface area contributed by atoms with Crippen LogP contribution in [0.2, 0.25) is 18.1 Å². The van der Waals surface area contributed by atoms with E-state index in [1.807, 2.05) is 60.7 Å². The van der Waals surface area contributed by atoms with E-state index in [2.05, 4.69) is 49.5 Å². The summed E-state index contributed by atoms with van der Waals surface area (Å²) in [5, 5.41) is 4.87. The number of carbonyl (C=O) groups is 4. The summed E-state index contributed by atoms with van der Waals surface area (Å²) in [6.45, 7) is 11.5. The van der Waals surface area contributed by atoms with Crippen LogP contribution >= 0.6 is 0 Å². The fourth-order valence-electron chi connectivity index (χ4n) is 4.79. The van der Waals surface area contributed by atoms with Crippen molar-refractivity contribution >= 4 is 38.7 Å². The van der Waals surface area contributed by atoms with Gasteiger partial charge in [-0.2, -0.15) is 0 Å². The van der Waals surface area contributed by atoms with Gasteiger partial charge in [-0.15, -0.1) is 0 Å². The van der Waals surface area contributed by atoms with Crippen LogP contribution in [0.5, 0.6) is 0 Å². The number of carbonyl (C=O) groups excluding carboxylic acids is 4. The summed E-state index contributed by atoms with van der Waals surface area (Å²) in [5.74, 6) is -0.211. The monoisotopic (exact) mass is 595 g/mol. The molecule has 2 aromatic rings. The second-order valence-electron chi connectivity index (χ2n) is 12.1. The lowest BCUT2D eigenvalue weighted by molar-refractivity contribution is -0.711. The molecule has 0 saturated carbocycles. The van der Waals surface area contributed by atoms with Crippen LogP contribution in [0.1, 0.15) is 51.2 Å². The Morgan fingerprint density at radius 1 is 0.929 bits per heavy atom. The first-order valence-corrected chi connectivity index (χ1v) is 17.2. The summed E-state index contributed by atoms with van der Waals surface area (Å²) in [6.07, 6.45) is 1.31. The molecule has 226 valence electrons. The second kappa shape index (κ2) is 14.4. The predicted molar refractivity (Wildman–Crippen MR) is 163 cm³/mol. The first-order valence-electron chi connectivity index (χ1n) is 14.3. The van der Waals surface area contributed by atoms with Crippen LogP contribution < -0.4 is 10.6 Å². The van der Waals surface area contributed by atoms with Crippen molar-refractivity contribution in [1.29, 1.82) is 0 Å². The fraction of sp³-hybridized carbons (Fsp3) is 0.452. The molecule has 1 heterocycles. The van der Waals surface area contributed by atoms with Gasteiger partial charge in [0.1, 0.15) is 19.1 Å². The first kappa shape index (κ1) is 32.7. The van der Waals surface area contributed by atoms with E-state index in [4.69, 9.17) is 9.47 Å². The zero-order chi connectivity index (χ0) is 30.8. The number of amides is 4. The van der Waals surface area contributed by atoms with Crippen molar-refractivity contribution < 1.29 is 32.8 Å². The summed E-state index contributed by atoms with van der Waals surface area (Å²) in [6, 6.07) is 18.4. The highest BCUT2D eigenvalue weighted by Gasteiger charge is 2.67. The van der Waals surface area contributed by atoms with Gasteiger partial charge in [0.2, 0.25) is 5.96 Å². The van der Waals surface area contributed by atoms with Gasteiger partial charge in [0.15, 0.2) is 0 Å². The lowest BCUT2D eigenvalue weighted by Gasteiger charge is -2.55. The van der Waals surface area contributed by atoms with Crippen LogP contribution in [0.15, 0.2) is 65.7 Å². The number of unbranched alkanes of at least 4 members (excludes halogenated alkanes) is 1. The van der Waals surface area contributed by atoms with Crippen LogP contribution in [-0.4, -0.2) is 55.9 Å². The van der Waals surface area contributed by atoms with Crippen molar-refractivity contribution in [2.45, 2.75) is 71.4 Å². The zero-order valence-corrected chi connectivity index (χ0v) is 26.2. The quantitative estimate of drug-likeness (QED) is 0.0883. The topological polar surface area (TPSA) is 123 Å². The van der Waals surface area contributed by atoms with Crippen molar-refractivity contribution in [3.63, 3.8) is 0 Å². The van der Waals surface area contributed by atoms with Gasteiger partial charge >= 0.3 is 18.1 Å². The van der Waals surface area contributed by atoms with E-state index in [1.165, 1.54) is 0 Å². The number of aliphatic imine (C=N–C) groups is 1. The highest BCUT2D eigenvalue weighted by molar-refractivity contribution is 6.76. The number of guanidine groups is 1. The Morgan fingerprint density at radius 3 is 1.86 bits per heavy atom. The Balaban J connectivity index is 1.53. The second-order valence-corrected chi connectivity index (χ2v) is 17.5. The molecule has 2 aromatic carbocycles. The molecule has 0 aromatic heterocycles. The van der Waals surface area contributed by atoms with Gasteiger partial charge in [-0.3, -0.25) is 19.8 Å². The first-order chi connectivity index (χ1) is 19.9. The Kier molecular flexibility index (Phi) is 11.2. The molecule has 0 aliphatic carbocycles. The van der Waals surface area contributed by atoms with Gasteiger partial charge < -0.3 is 9.47 Å². The molecule has 1 saturated heterocycles. The standard InChI is InChI=1S/C31H42N4O6Si/c1-31(2,3)42(4,5)35(23-36)20-26(27(35)37)18-12-13-19-32-28(33-29(38)40-21-24-14-8-6-9-15-24)34-30(39)41-22-25-16-10-7-11-17-25/h6-11,14-17,23,26H,12-13,18-22H2,1-5H3,(H-,32,33,34,38,39)/p+1/t26-,35-/m1/s1. The number of benzene rings is 2. The molecule has 42 heavy (non-hydrogen) atoms. The maximum atomic E-state index is 13.2. The molecule has 0 spiro atoms. The number of imide groups is 1. The predicted octanol–water partition coefficient (Wildman–Crippen LogP) is 5.50. The average molecular weight is 596 g/mol. The van der Waals surface area contributed by atoms with Crippen LogP contribution in [0.25, 0.3) is 0 Å². The zero-order valence-electron chi connectivity index (χ0n) is 25.2. The molecule has 10 nitrogen and oxygen atoms in total. The molecule has 2 atom stereocenters.